The Morgan fingerprint density at radius 1 is 1.17 bits per heavy atom. The molecule has 0 heterocycles. The van der Waals surface area contributed by atoms with Crippen LogP contribution in [0.25, 0.3) is 0 Å². The Labute approximate surface area is 112 Å². The van der Waals surface area contributed by atoms with Gasteiger partial charge in [-0.1, -0.05) is 51.1 Å². The van der Waals surface area contributed by atoms with E-state index in [0.717, 1.165) is 6.42 Å². The van der Waals surface area contributed by atoms with Gasteiger partial charge in [-0.3, -0.25) is 4.90 Å². The highest BCUT2D eigenvalue weighted by molar-refractivity contribution is 5.16. The van der Waals surface area contributed by atoms with Gasteiger partial charge < -0.3 is 5.73 Å². The largest absolute Gasteiger partial charge is 0.329 e. The average molecular weight is 248 g/mol. The highest BCUT2D eigenvalue weighted by Crippen LogP contribution is 2.25. The number of nitrogens with zero attached hydrogens (tertiary/aromatic N) is 1. The molecule has 0 amide bonds. The lowest BCUT2D eigenvalue weighted by Crippen LogP contribution is -2.49. The lowest BCUT2D eigenvalue weighted by atomic mass is 9.86. The molecule has 102 valence electrons. The van der Waals surface area contributed by atoms with E-state index in [1.165, 1.54) is 5.56 Å². The minimum Gasteiger partial charge on any atom is -0.329 e. The fourth-order valence-corrected chi connectivity index (χ4v) is 2.21. The molecule has 2 nitrogen and oxygen atoms in total. The van der Waals surface area contributed by atoms with Crippen LogP contribution in [0.1, 0.15) is 33.3 Å². The van der Waals surface area contributed by atoms with Crippen LogP contribution in [0.2, 0.25) is 0 Å². The molecular formula is C16H28N2. The van der Waals surface area contributed by atoms with Crippen molar-refractivity contribution in [2.75, 3.05) is 13.6 Å². The fourth-order valence-electron chi connectivity index (χ4n) is 2.21. The maximum absolute atomic E-state index is 5.96. The molecule has 1 aromatic rings. The fraction of sp³-hybridized carbons (Fsp3) is 0.625. The molecule has 2 atom stereocenters. The van der Waals surface area contributed by atoms with Crippen LogP contribution in [0.5, 0.6) is 0 Å². The first-order valence-corrected chi connectivity index (χ1v) is 6.82. The van der Waals surface area contributed by atoms with Crippen molar-refractivity contribution in [3.05, 3.63) is 35.9 Å². The first-order valence-electron chi connectivity index (χ1n) is 6.82. The van der Waals surface area contributed by atoms with Crippen LogP contribution in [0.3, 0.4) is 0 Å². The summed E-state index contributed by atoms with van der Waals surface area (Å²) in [6.07, 6.45) is 1.02. The van der Waals surface area contributed by atoms with Gasteiger partial charge in [0.25, 0.3) is 0 Å². The van der Waals surface area contributed by atoms with Crippen LogP contribution >= 0.6 is 0 Å². The SMILES string of the molecule is CC(N(C)C(CN)Cc1ccccc1)C(C)(C)C. The van der Waals surface area contributed by atoms with Gasteiger partial charge in [0.2, 0.25) is 0 Å². The predicted octanol–water partition coefficient (Wildman–Crippen LogP) is 2.92. The molecule has 0 aliphatic rings. The zero-order valence-corrected chi connectivity index (χ0v) is 12.5. The molecule has 18 heavy (non-hydrogen) atoms. The van der Waals surface area contributed by atoms with Gasteiger partial charge in [-0.15, -0.1) is 0 Å². The number of nitrogens with two attached hydrogens (primary N) is 1. The molecule has 0 saturated carbocycles. The highest BCUT2D eigenvalue weighted by atomic mass is 15.2. The Bertz CT molecular complexity index is 340. The second-order valence-electron chi connectivity index (χ2n) is 6.29. The zero-order chi connectivity index (χ0) is 13.8. The van der Waals surface area contributed by atoms with Gasteiger partial charge in [-0.2, -0.15) is 0 Å². The number of hydrogen-bond acceptors (Lipinski definition) is 2. The van der Waals surface area contributed by atoms with Crippen molar-refractivity contribution in [3.63, 3.8) is 0 Å². The molecule has 2 N–H and O–H groups in total. The monoisotopic (exact) mass is 248 g/mol. The van der Waals surface area contributed by atoms with Crippen LogP contribution in [-0.2, 0) is 6.42 Å². The summed E-state index contributed by atoms with van der Waals surface area (Å²) < 4.78 is 0. The predicted molar refractivity (Wildman–Crippen MR) is 79.7 cm³/mol. The van der Waals surface area contributed by atoms with Crippen molar-refractivity contribution in [2.24, 2.45) is 11.1 Å². The molecule has 0 aromatic heterocycles. The molecule has 0 aliphatic heterocycles. The Balaban J connectivity index is 2.72. The van der Waals surface area contributed by atoms with Crippen LogP contribution in [0, 0.1) is 5.41 Å². The van der Waals surface area contributed by atoms with Gasteiger partial charge in [-0.05, 0) is 31.4 Å². The van der Waals surface area contributed by atoms with E-state index in [4.69, 9.17) is 5.73 Å². The summed E-state index contributed by atoms with van der Waals surface area (Å²) in [5.74, 6) is 0. The minimum atomic E-state index is 0.277. The van der Waals surface area contributed by atoms with E-state index in [-0.39, 0.29) is 5.41 Å². The minimum absolute atomic E-state index is 0.277. The standard InChI is InChI=1S/C16H28N2/c1-13(16(2,3)4)18(5)15(12-17)11-14-9-7-6-8-10-14/h6-10,13,15H,11-12,17H2,1-5H3. The quantitative estimate of drug-likeness (QED) is 0.868. The zero-order valence-electron chi connectivity index (χ0n) is 12.5. The molecule has 1 aromatic carbocycles. The van der Waals surface area contributed by atoms with Crippen molar-refractivity contribution in [2.45, 2.75) is 46.2 Å². The summed E-state index contributed by atoms with van der Waals surface area (Å²) in [4.78, 5) is 2.42. The summed E-state index contributed by atoms with van der Waals surface area (Å²) in [7, 11) is 2.19. The molecule has 0 fully saturated rings. The number of likely N-dealkylation sites (N-methyl/N-ethyl adjacent to an activating group) is 1. The van der Waals surface area contributed by atoms with Crippen LogP contribution in [-0.4, -0.2) is 30.6 Å². The molecule has 0 radical (unpaired) electrons. The topological polar surface area (TPSA) is 29.3 Å². The van der Waals surface area contributed by atoms with Gasteiger partial charge >= 0.3 is 0 Å². The van der Waals surface area contributed by atoms with Gasteiger partial charge in [-0.25, -0.2) is 0 Å². The molecule has 0 aliphatic carbocycles. The van der Waals surface area contributed by atoms with Crippen LogP contribution in [0.4, 0.5) is 0 Å². The molecular weight excluding hydrogens is 220 g/mol. The second-order valence-corrected chi connectivity index (χ2v) is 6.29. The molecule has 2 heteroatoms. The third kappa shape index (κ3) is 4.11. The van der Waals surface area contributed by atoms with Crippen molar-refractivity contribution in [1.29, 1.82) is 0 Å². The smallest absolute Gasteiger partial charge is 0.0258 e. The normalized spacial score (nSPS) is 15.7. The van der Waals surface area contributed by atoms with E-state index in [0.29, 0.717) is 18.6 Å². The number of hydrogen-bond donors (Lipinski definition) is 1. The van der Waals surface area contributed by atoms with Gasteiger partial charge in [0.05, 0.1) is 0 Å². The maximum atomic E-state index is 5.96. The first kappa shape index (κ1) is 15.2. The van der Waals surface area contributed by atoms with E-state index in [9.17, 15) is 0 Å². The molecule has 0 bridgehead atoms. The first-order chi connectivity index (χ1) is 8.36. The third-order valence-corrected chi connectivity index (χ3v) is 4.03. The van der Waals surface area contributed by atoms with Gasteiger partial charge in [0.1, 0.15) is 0 Å². The van der Waals surface area contributed by atoms with Crippen molar-refractivity contribution in [1.82, 2.24) is 4.90 Å². The molecule has 2 unspecified atom stereocenters. The Morgan fingerprint density at radius 3 is 2.17 bits per heavy atom. The summed E-state index contributed by atoms with van der Waals surface area (Å²) in [5, 5.41) is 0. The summed E-state index contributed by atoms with van der Waals surface area (Å²) in [6, 6.07) is 11.5. The maximum Gasteiger partial charge on any atom is 0.0258 e. The van der Waals surface area contributed by atoms with E-state index in [1.54, 1.807) is 0 Å². The van der Waals surface area contributed by atoms with E-state index in [2.05, 4.69) is 70.0 Å². The lowest BCUT2D eigenvalue weighted by molar-refractivity contribution is 0.0999. The Hall–Kier alpha value is -0.860. The van der Waals surface area contributed by atoms with Crippen LogP contribution < -0.4 is 5.73 Å². The Morgan fingerprint density at radius 2 is 1.72 bits per heavy atom. The van der Waals surface area contributed by atoms with E-state index >= 15 is 0 Å². The van der Waals surface area contributed by atoms with Crippen LogP contribution in [0.15, 0.2) is 30.3 Å². The lowest BCUT2D eigenvalue weighted by Gasteiger charge is -2.40. The van der Waals surface area contributed by atoms with Gasteiger partial charge in [0.15, 0.2) is 0 Å². The average Bonchev–Trinajstić information content (AvgIpc) is 2.34. The van der Waals surface area contributed by atoms with E-state index in [1.807, 2.05) is 0 Å². The number of benzene rings is 1. The van der Waals surface area contributed by atoms with E-state index < -0.39 is 0 Å². The highest BCUT2D eigenvalue weighted by Gasteiger charge is 2.27. The molecule has 1 rings (SSSR count). The van der Waals surface area contributed by atoms with Crippen molar-refractivity contribution >= 4 is 0 Å². The van der Waals surface area contributed by atoms with Gasteiger partial charge in [0, 0.05) is 18.6 Å². The molecule has 0 spiro atoms. The second kappa shape index (κ2) is 6.35. The molecule has 0 saturated heterocycles. The Kier molecular flexibility index (Phi) is 5.36. The summed E-state index contributed by atoms with van der Waals surface area (Å²) in [6.45, 7) is 9.83. The third-order valence-electron chi connectivity index (χ3n) is 4.03. The summed E-state index contributed by atoms with van der Waals surface area (Å²) >= 11 is 0. The summed E-state index contributed by atoms with van der Waals surface area (Å²) in [5.41, 5.74) is 7.60. The number of rotatable bonds is 5. The van der Waals surface area contributed by atoms with Crippen molar-refractivity contribution in [3.8, 4) is 0 Å². The van der Waals surface area contributed by atoms with Crippen molar-refractivity contribution < 1.29 is 0 Å².